The first-order valence-electron chi connectivity index (χ1n) is 15.2. The smallest absolute Gasteiger partial charge is 0.124 e. The third-order valence-corrected chi connectivity index (χ3v) is 7.83. The topological polar surface area (TPSA) is 69.4 Å². The van der Waals surface area contributed by atoms with Crippen molar-refractivity contribution in [1.82, 2.24) is 25.5 Å². The molecule has 0 amide bonds. The number of aryl methyl sites for hydroxylation is 2. The fourth-order valence-electron chi connectivity index (χ4n) is 5.59. The van der Waals surface area contributed by atoms with Crippen LogP contribution in [-0.4, -0.2) is 33.3 Å². The summed E-state index contributed by atoms with van der Waals surface area (Å²) in [4.78, 5) is 7.97. The van der Waals surface area contributed by atoms with Gasteiger partial charge in [-0.3, -0.25) is 10.1 Å². The number of allylic oxidation sites excluding steroid dienone is 4. The molecule has 0 aliphatic carbocycles. The number of nitrogens with one attached hydrogen (secondary N) is 3. The van der Waals surface area contributed by atoms with E-state index in [4.69, 9.17) is 0 Å². The fourth-order valence-corrected chi connectivity index (χ4v) is 5.59. The molecule has 3 aromatic heterocycles. The van der Waals surface area contributed by atoms with Gasteiger partial charge in [-0.25, -0.2) is 4.39 Å². The number of aromatic nitrogens is 4. The molecule has 0 spiro atoms. The van der Waals surface area contributed by atoms with Crippen molar-refractivity contribution in [2.24, 2.45) is 5.92 Å². The number of hydrogen-bond donors (Lipinski definition) is 3. The maximum atomic E-state index is 14.2. The number of benzene rings is 1. The van der Waals surface area contributed by atoms with Crippen LogP contribution in [0, 0.1) is 25.6 Å². The second-order valence-corrected chi connectivity index (χ2v) is 11.0. The van der Waals surface area contributed by atoms with E-state index in [2.05, 4.69) is 57.7 Å². The van der Waals surface area contributed by atoms with Crippen molar-refractivity contribution in [3.8, 4) is 11.4 Å². The highest BCUT2D eigenvalue weighted by molar-refractivity contribution is 5.84. The second-order valence-electron chi connectivity index (χ2n) is 11.0. The van der Waals surface area contributed by atoms with Gasteiger partial charge >= 0.3 is 0 Å². The highest BCUT2D eigenvalue weighted by atomic mass is 19.1. The average molecular weight is 578 g/mol. The Hall–Kier alpha value is -4.29. The van der Waals surface area contributed by atoms with Crippen LogP contribution >= 0.6 is 0 Å². The van der Waals surface area contributed by atoms with Crippen LogP contribution in [0.15, 0.2) is 67.5 Å². The van der Waals surface area contributed by atoms with Gasteiger partial charge in [0, 0.05) is 28.9 Å². The van der Waals surface area contributed by atoms with Crippen molar-refractivity contribution in [3.05, 3.63) is 117 Å². The summed E-state index contributed by atoms with van der Waals surface area (Å²) < 4.78 is 14.2. The number of hydrogen-bond acceptors (Lipinski definition) is 3. The largest absolute Gasteiger partial charge is 0.357 e. The Morgan fingerprint density at radius 3 is 2.51 bits per heavy atom. The van der Waals surface area contributed by atoms with Gasteiger partial charge in [-0.15, -0.1) is 0 Å². The van der Waals surface area contributed by atoms with Crippen molar-refractivity contribution in [2.45, 2.75) is 53.9 Å². The Morgan fingerprint density at radius 1 is 1.02 bits per heavy atom. The summed E-state index contributed by atoms with van der Waals surface area (Å²) >= 11 is 0. The van der Waals surface area contributed by atoms with Crippen molar-refractivity contribution < 1.29 is 4.39 Å². The lowest BCUT2D eigenvalue weighted by atomic mass is 9.91. The fraction of sp³-hybridized carbons (Fsp3) is 0.297. The predicted molar refractivity (Wildman–Crippen MR) is 179 cm³/mol. The van der Waals surface area contributed by atoms with Gasteiger partial charge < -0.3 is 10.3 Å². The van der Waals surface area contributed by atoms with Crippen LogP contribution < -0.4 is 15.9 Å². The number of aromatic amines is 2. The van der Waals surface area contributed by atoms with Crippen LogP contribution in [0.5, 0.6) is 0 Å². The molecule has 1 aromatic carbocycles. The first-order valence-corrected chi connectivity index (χ1v) is 15.2. The van der Waals surface area contributed by atoms with Crippen LogP contribution in [0.3, 0.4) is 0 Å². The molecule has 0 saturated carbocycles. The lowest BCUT2D eigenvalue weighted by Gasteiger charge is -2.22. The zero-order valence-corrected chi connectivity index (χ0v) is 26.2. The van der Waals surface area contributed by atoms with Crippen molar-refractivity contribution >= 4 is 23.8 Å². The Morgan fingerprint density at radius 2 is 1.79 bits per heavy atom. The maximum Gasteiger partial charge on any atom is 0.124 e. The average Bonchev–Trinajstić information content (AvgIpc) is 3.57. The normalized spacial score (nSPS) is 14.9. The zero-order valence-electron chi connectivity index (χ0n) is 26.2. The lowest BCUT2D eigenvalue weighted by Crippen LogP contribution is -2.28. The third kappa shape index (κ3) is 7.76. The molecule has 4 aromatic rings. The molecule has 1 fully saturated rings. The van der Waals surface area contributed by atoms with E-state index in [1.165, 1.54) is 24.5 Å². The molecule has 0 radical (unpaired) electrons. The monoisotopic (exact) mass is 577 g/mol. The van der Waals surface area contributed by atoms with Crippen LogP contribution in [0.1, 0.15) is 67.1 Å². The number of H-pyrrole nitrogens is 2. The number of piperidine rings is 1. The molecule has 6 heteroatoms. The van der Waals surface area contributed by atoms with E-state index in [0.717, 1.165) is 86.5 Å². The maximum absolute atomic E-state index is 14.2. The van der Waals surface area contributed by atoms with Gasteiger partial charge in [0.2, 0.25) is 0 Å². The highest BCUT2D eigenvalue weighted by Crippen LogP contribution is 2.30. The number of halogens is 1. The molecular formula is C37H44FN5. The van der Waals surface area contributed by atoms with Gasteiger partial charge in [0.05, 0.1) is 11.0 Å². The molecule has 5 nitrogen and oxygen atoms in total. The van der Waals surface area contributed by atoms with E-state index in [9.17, 15) is 4.39 Å². The van der Waals surface area contributed by atoms with Crippen molar-refractivity contribution in [2.75, 3.05) is 13.1 Å². The van der Waals surface area contributed by atoms with E-state index in [-0.39, 0.29) is 5.82 Å². The molecule has 5 rings (SSSR count). The predicted octanol–water partition coefficient (Wildman–Crippen LogP) is 7.04. The highest BCUT2D eigenvalue weighted by Gasteiger charge is 2.16. The Balaban J connectivity index is 0.00000207. The first kappa shape index (κ1) is 31.6. The van der Waals surface area contributed by atoms with E-state index in [0.29, 0.717) is 0 Å². The molecule has 4 heterocycles. The molecule has 224 valence electrons. The molecule has 0 unspecified atom stereocenters. The summed E-state index contributed by atoms with van der Waals surface area (Å²) in [7, 11) is 0. The minimum absolute atomic E-state index is 0.261. The standard InChI is InChI=1S/C35H38FN5.C2H6/c1-6-7-31(28-14-22(2)15-30(36)18-28)32-19-34(39-25(32)5)35-24(4)33(40-41-35)9-8-23(3)29-17-27(20-38-21-29)16-26-10-12-37-13-11-26;1-2/h6-9,14-15,17-21,26,37,39-40H,1,4,10-13,16H2,2-3,5H3;1-2H3/b23-8+,31-7-,33-9+;. The number of rotatable bonds is 8. The quantitative estimate of drug-likeness (QED) is 0.197. The molecule has 1 saturated heterocycles. The summed E-state index contributed by atoms with van der Waals surface area (Å²) in [5.74, 6) is 0.461. The van der Waals surface area contributed by atoms with Crippen LogP contribution in [-0.2, 0) is 6.42 Å². The van der Waals surface area contributed by atoms with Gasteiger partial charge in [-0.05, 0) is 123 Å². The van der Waals surface area contributed by atoms with Gasteiger partial charge in [0.25, 0.3) is 0 Å². The summed E-state index contributed by atoms with van der Waals surface area (Å²) in [5.41, 5.74) is 9.61. The van der Waals surface area contributed by atoms with Crippen LogP contribution in [0.4, 0.5) is 4.39 Å². The first-order chi connectivity index (χ1) is 20.8. The van der Waals surface area contributed by atoms with Gasteiger partial charge in [0.15, 0.2) is 0 Å². The Bertz CT molecular complexity index is 1710. The minimum Gasteiger partial charge on any atom is -0.357 e. The second kappa shape index (κ2) is 14.7. The molecular weight excluding hydrogens is 533 g/mol. The Kier molecular flexibility index (Phi) is 10.8. The molecule has 3 N–H and O–H groups in total. The summed E-state index contributed by atoms with van der Waals surface area (Å²) in [6.07, 6.45) is 15.2. The third-order valence-electron chi connectivity index (χ3n) is 7.83. The van der Waals surface area contributed by atoms with E-state index in [1.807, 2.05) is 64.4 Å². The minimum atomic E-state index is -0.261. The molecule has 0 bridgehead atoms. The summed E-state index contributed by atoms with van der Waals surface area (Å²) in [5, 5.41) is 12.8. The van der Waals surface area contributed by atoms with Gasteiger partial charge in [-0.2, -0.15) is 5.10 Å². The van der Waals surface area contributed by atoms with E-state index >= 15 is 0 Å². The molecule has 43 heavy (non-hydrogen) atoms. The lowest BCUT2D eigenvalue weighted by molar-refractivity contribution is 0.372. The van der Waals surface area contributed by atoms with Crippen molar-refractivity contribution in [1.29, 1.82) is 0 Å². The van der Waals surface area contributed by atoms with E-state index < -0.39 is 0 Å². The SMILES string of the molecule is C=C/C=C(/c1cc(C)cc(F)c1)c1cc(-c2n[nH]/c(=C/C=C(\C)c3cncc(CC4CCNCC4)c3)c2=C)[nH]c1C.CC. The van der Waals surface area contributed by atoms with Crippen LogP contribution in [0.2, 0.25) is 0 Å². The summed E-state index contributed by atoms with van der Waals surface area (Å²) in [6, 6.07) is 9.36. The molecule has 1 aliphatic rings. The van der Waals surface area contributed by atoms with E-state index in [1.54, 1.807) is 12.1 Å². The van der Waals surface area contributed by atoms with Crippen molar-refractivity contribution in [3.63, 3.8) is 0 Å². The zero-order chi connectivity index (χ0) is 30.9. The van der Waals surface area contributed by atoms with Gasteiger partial charge in [-0.1, -0.05) is 51.3 Å². The number of nitrogens with zero attached hydrogens (tertiary/aromatic N) is 2. The van der Waals surface area contributed by atoms with Crippen LogP contribution in [0.25, 0.3) is 35.2 Å². The number of pyridine rings is 1. The summed E-state index contributed by atoms with van der Waals surface area (Å²) in [6.45, 7) is 20.4. The van der Waals surface area contributed by atoms with Gasteiger partial charge in [0.1, 0.15) is 11.5 Å². The molecule has 1 aliphatic heterocycles. The Labute approximate surface area is 255 Å². The molecule has 0 atom stereocenters.